The quantitative estimate of drug-likeness (QED) is 0.313. The summed E-state index contributed by atoms with van der Waals surface area (Å²) in [5.74, 6) is -0.562. The van der Waals surface area contributed by atoms with Crippen molar-refractivity contribution in [3.8, 4) is 11.1 Å². The normalized spacial score (nSPS) is 16.9. The number of hydrogen-bond donors (Lipinski definition) is 1. The second kappa shape index (κ2) is 10.1. The standard InChI is InChI=1S/C32H36BNO6/c1-18-26(29(35)37-8)19(2)28(20(3)27(18)33-39-31(4,5)32(6,7)40-33)34-30(36)38-17-25-23-15-11-9-13-21(23)22-14-10-12-16-24(22)25/h9-16,25H,17H2,1-8H3,(H,34,36). The summed E-state index contributed by atoms with van der Waals surface area (Å²) in [6.45, 7) is 13.6. The minimum Gasteiger partial charge on any atom is -0.465 e. The van der Waals surface area contributed by atoms with Gasteiger partial charge in [0.05, 0.1) is 29.6 Å². The lowest BCUT2D eigenvalue weighted by atomic mass is 9.70. The molecule has 40 heavy (non-hydrogen) atoms. The van der Waals surface area contributed by atoms with Gasteiger partial charge in [-0.05, 0) is 92.9 Å². The Hall–Kier alpha value is -3.62. The highest BCUT2D eigenvalue weighted by atomic mass is 16.7. The van der Waals surface area contributed by atoms with Gasteiger partial charge < -0.3 is 18.8 Å². The summed E-state index contributed by atoms with van der Waals surface area (Å²) in [5, 5.41) is 2.92. The average Bonchev–Trinajstić information content (AvgIpc) is 3.34. The third kappa shape index (κ3) is 4.49. The molecule has 1 heterocycles. The van der Waals surface area contributed by atoms with Crippen molar-refractivity contribution >= 4 is 30.3 Å². The number of anilines is 1. The van der Waals surface area contributed by atoms with Crippen LogP contribution in [0.3, 0.4) is 0 Å². The molecular formula is C32H36BNO6. The molecule has 0 saturated carbocycles. The van der Waals surface area contributed by atoms with Crippen molar-refractivity contribution in [3.63, 3.8) is 0 Å². The Labute approximate surface area is 236 Å². The number of hydrogen-bond acceptors (Lipinski definition) is 6. The molecule has 208 valence electrons. The first kappa shape index (κ1) is 27.9. The summed E-state index contributed by atoms with van der Waals surface area (Å²) >= 11 is 0. The number of methoxy groups -OCH3 is 1. The summed E-state index contributed by atoms with van der Waals surface area (Å²) in [7, 11) is 0.617. The molecule has 3 aromatic rings. The SMILES string of the molecule is COC(=O)c1c(C)c(NC(=O)OCC2c3ccccc3-c3ccccc32)c(C)c(B2OC(C)(C)C(C)(C)O2)c1C. The third-order valence-electron chi connectivity index (χ3n) is 8.76. The fourth-order valence-electron chi connectivity index (χ4n) is 5.88. The van der Waals surface area contributed by atoms with E-state index in [1.165, 1.54) is 7.11 Å². The Balaban J connectivity index is 1.45. The first-order chi connectivity index (χ1) is 18.9. The van der Waals surface area contributed by atoms with Gasteiger partial charge in [0.15, 0.2) is 0 Å². The topological polar surface area (TPSA) is 83.1 Å². The van der Waals surface area contributed by atoms with Crippen LogP contribution in [0.25, 0.3) is 11.1 Å². The number of nitrogens with one attached hydrogen (secondary N) is 1. The second-order valence-electron chi connectivity index (χ2n) is 11.6. The molecule has 5 rings (SSSR count). The molecule has 3 aromatic carbocycles. The monoisotopic (exact) mass is 541 g/mol. The van der Waals surface area contributed by atoms with E-state index in [1.807, 2.05) is 65.8 Å². The van der Waals surface area contributed by atoms with E-state index in [-0.39, 0.29) is 12.5 Å². The van der Waals surface area contributed by atoms with Gasteiger partial charge in [0.25, 0.3) is 0 Å². The zero-order valence-electron chi connectivity index (χ0n) is 24.4. The number of carbonyl (C=O) groups is 2. The van der Waals surface area contributed by atoms with Crippen molar-refractivity contribution in [2.45, 2.75) is 65.6 Å². The van der Waals surface area contributed by atoms with Crippen molar-refractivity contribution in [3.05, 3.63) is 81.9 Å². The Morgan fingerprint density at radius 1 is 0.850 bits per heavy atom. The van der Waals surface area contributed by atoms with Gasteiger partial charge in [0.1, 0.15) is 6.61 Å². The van der Waals surface area contributed by atoms with E-state index in [9.17, 15) is 9.59 Å². The molecule has 1 saturated heterocycles. The first-order valence-corrected chi connectivity index (χ1v) is 13.6. The van der Waals surface area contributed by atoms with Crippen molar-refractivity contribution in [1.82, 2.24) is 0 Å². The highest BCUT2D eigenvalue weighted by Gasteiger charge is 2.53. The molecule has 1 aliphatic heterocycles. The van der Waals surface area contributed by atoms with Crippen LogP contribution in [0.15, 0.2) is 48.5 Å². The van der Waals surface area contributed by atoms with Crippen LogP contribution in [0.4, 0.5) is 10.5 Å². The second-order valence-corrected chi connectivity index (χ2v) is 11.6. The van der Waals surface area contributed by atoms with Crippen LogP contribution in [0.1, 0.15) is 71.8 Å². The smallest absolute Gasteiger partial charge is 0.465 e. The Bertz CT molecular complexity index is 1450. The number of rotatable bonds is 5. The Kier molecular flexibility index (Phi) is 7.05. The molecule has 0 aromatic heterocycles. The molecule has 1 fully saturated rings. The number of benzene rings is 3. The zero-order valence-corrected chi connectivity index (χ0v) is 24.4. The lowest BCUT2D eigenvalue weighted by molar-refractivity contribution is 0.00578. The Morgan fingerprint density at radius 2 is 1.38 bits per heavy atom. The summed E-state index contributed by atoms with van der Waals surface area (Å²) in [5.41, 5.74) is 7.01. The summed E-state index contributed by atoms with van der Waals surface area (Å²) in [6.07, 6.45) is -0.604. The maximum absolute atomic E-state index is 13.3. The maximum atomic E-state index is 13.3. The largest absolute Gasteiger partial charge is 0.495 e. The predicted octanol–water partition coefficient (Wildman–Crippen LogP) is 6.06. The van der Waals surface area contributed by atoms with Crippen molar-refractivity contribution in [2.75, 3.05) is 19.0 Å². The van der Waals surface area contributed by atoms with E-state index < -0.39 is 30.4 Å². The highest BCUT2D eigenvalue weighted by Crippen LogP contribution is 2.44. The maximum Gasteiger partial charge on any atom is 0.495 e. The van der Waals surface area contributed by atoms with Gasteiger partial charge in [-0.2, -0.15) is 0 Å². The van der Waals surface area contributed by atoms with Crippen LogP contribution in [0.5, 0.6) is 0 Å². The first-order valence-electron chi connectivity index (χ1n) is 13.6. The van der Waals surface area contributed by atoms with Crippen LogP contribution in [0, 0.1) is 20.8 Å². The van der Waals surface area contributed by atoms with E-state index >= 15 is 0 Å². The minimum atomic E-state index is -0.725. The van der Waals surface area contributed by atoms with Gasteiger partial charge in [0.2, 0.25) is 0 Å². The summed E-state index contributed by atoms with van der Waals surface area (Å²) in [4.78, 5) is 26.2. The van der Waals surface area contributed by atoms with E-state index in [0.29, 0.717) is 27.8 Å². The van der Waals surface area contributed by atoms with Crippen molar-refractivity contribution < 1.29 is 28.4 Å². The molecule has 7 nitrogen and oxygen atoms in total. The van der Waals surface area contributed by atoms with Crippen LogP contribution in [-0.2, 0) is 18.8 Å². The highest BCUT2D eigenvalue weighted by molar-refractivity contribution is 6.63. The third-order valence-corrected chi connectivity index (χ3v) is 8.76. The van der Waals surface area contributed by atoms with E-state index in [2.05, 4.69) is 29.6 Å². The number of ether oxygens (including phenoxy) is 2. The molecule has 0 bridgehead atoms. The predicted molar refractivity (Wildman–Crippen MR) is 156 cm³/mol. The van der Waals surface area contributed by atoms with Crippen molar-refractivity contribution in [1.29, 1.82) is 0 Å². The van der Waals surface area contributed by atoms with Crippen LogP contribution in [0.2, 0.25) is 0 Å². The van der Waals surface area contributed by atoms with E-state index in [4.69, 9.17) is 18.8 Å². The van der Waals surface area contributed by atoms with Gasteiger partial charge in [0, 0.05) is 5.92 Å². The lowest BCUT2D eigenvalue weighted by Crippen LogP contribution is -2.41. The molecule has 2 aliphatic rings. The van der Waals surface area contributed by atoms with Gasteiger partial charge in [-0.25, -0.2) is 9.59 Å². The molecule has 0 radical (unpaired) electrons. The van der Waals surface area contributed by atoms with Gasteiger partial charge in [-0.15, -0.1) is 0 Å². The molecule has 1 N–H and O–H groups in total. The van der Waals surface area contributed by atoms with Gasteiger partial charge >= 0.3 is 19.2 Å². The lowest BCUT2D eigenvalue weighted by Gasteiger charge is -2.32. The molecule has 1 aliphatic carbocycles. The van der Waals surface area contributed by atoms with Crippen molar-refractivity contribution in [2.24, 2.45) is 0 Å². The van der Waals surface area contributed by atoms with Crippen LogP contribution in [-0.4, -0.2) is 44.1 Å². The fraction of sp³-hybridized carbons (Fsp3) is 0.375. The van der Waals surface area contributed by atoms with E-state index in [0.717, 1.165) is 27.8 Å². The average molecular weight is 541 g/mol. The van der Waals surface area contributed by atoms with Crippen LogP contribution >= 0.6 is 0 Å². The summed E-state index contributed by atoms with van der Waals surface area (Å²) in [6, 6.07) is 16.4. The zero-order chi connectivity index (χ0) is 29.0. The molecule has 0 atom stereocenters. The minimum absolute atomic E-state index is 0.0655. The molecule has 8 heteroatoms. The molecule has 1 amide bonds. The molecule has 0 spiro atoms. The molecular weight excluding hydrogens is 505 g/mol. The number of carbonyl (C=O) groups excluding carboxylic acids is 2. The number of fused-ring (bicyclic) bond motifs is 3. The number of amides is 1. The Morgan fingerprint density at radius 3 is 1.90 bits per heavy atom. The fourth-order valence-corrected chi connectivity index (χ4v) is 5.88. The van der Waals surface area contributed by atoms with Gasteiger partial charge in [-0.3, -0.25) is 5.32 Å². The van der Waals surface area contributed by atoms with E-state index in [1.54, 1.807) is 6.92 Å². The van der Waals surface area contributed by atoms with Crippen LogP contribution < -0.4 is 10.8 Å². The molecule has 0 unspecified atom stereocenters. The summed E-state index contributed by atoms with van der Waals surface area (Å²) < 4.78 is 23.6. The number of esters is 1. The van der Waals surface area contributed by atoms with Gasteiger partial charge in [-0.1, -0.05) is 48.5 Å².